The summed E-state index contributed by atoms with van der Waals surface area (Å²) >= 11 is 0. The first-order valence-corrected chi connectivity index (χ1v) is 5.73. The first-order chi connectivity index (χ1) is 7.14. The highest BCUT2D eigenvalue weighted by molar-refractivity contribution is 4.76. The molecule has 1 fully saturated rings. The van der Waals surface area contributed by atoms with Crippen molar-refractivity contribution < 1.29 is 14.6 Å². The van der Waals surface area contributed by atoms with Gasteiger partial charge in [-0.15, -0.1) is 0 Å². The summed E-state index contributed by atoms with van der Waals surface area (Å²) in [5.74, 6) is 0. The molecule has 2 unspecified atom stereocenters. The zero-order chi connectivity index (χ0) is 11.1. The molecule has 3 N–H and O–H groups in total. The summed E-state index contributed by atoms with van der Waals surface area (Å²) in [5.41, 5.74) is 5.33. The van der Waals surface area contributed by atoms with Crippen molar-refractivity contribution in [3.8, 4) is 0 Å². The molecule has 0 aromatic carbocycles. The monoisotopic (exact) mass is 217 g/mol. The molecule has 2 atom stereocenters. The first-order valence-electron chi connectivity index (χ1n) is 5.73. The maximum absolute atomic E-state index is 8.94. The standard InChI is InChI=1S/C11H23NO3/c1-11(12,9-13)5-3-6-14-8-10-4-2-7-15-10/h10,13H,2-9,12H2,1H3. The first kappa shape index (κ1) is 12.9. The van der Waals surface area contributed by atoms with Crippen LogP contribution in [0.25, 0.3) is 0 Å². The molecule has 0 spiro atoms. The van der Waals surface area contributed by atoms with Crippen LogP contribution in [-0.4, -0.2) is 43.2 Å². The van der Waals surface area contributed by atoms with E-state index in [4.69, 9.17) is 20.3 Å². The topological polar surface area (TPSA) is 64.7 Å². The molecule has 1 heterocycles. The zero-order valence-corrected chi connectivity index (χ0v) is 9.58. The lowest BCUT2D eigenvalue weighted by Gasteiger charge is -2.21. The van der Waals surface area contributed by atoms with Crippen molar-refractivity contribution >= 4 is 0 Å². The number of ether oxygens (including phenoxy) is 2. The zero-order valence-electron chi connectivity index (χ0n) is 9.58. The third-order valence-corrected chi connectivity index (χ3v) is 2.73. The molecule has 1 saturated heterocycles. The Hall–Kier alpha value is -0.160. The molecule has 90 valence electrons. The van der Waals surface area contributed by atoms with Crippen LogP contribution in [0.3, 0.4) is 0 Å². The number of aliphatic hydroxyl groups excluding tert-OH is 1. The molecule has 4 nitrogen and oxygen atoms in total. The van der Waals surface area contributed by atoms with E-state index >= 15 is 0 Å². The lowest BCUT2D eigenvalue weighted by atomic mass is 9.99. The largest absolute Gasteiger partial charge is 0.394 e. The van der Waals surface area contributed by atoms with Gasteiger partial charge in [0.2, 0.25) is 0 Å². The highest BCUT2D eigenvalue weighted by atomic mass is 16.5. The minimum atomic E-state index is -0.465. The van der Waals surface area contributed by atoms with Gasteiger partial charge in [0.25, 0.3) is 0 Å². The third-order valence-electron chi connectivity index (χ3n) is 2.73. The Bertz CT molecular complexity index is 167. The Balaban J connectivity index is 1.92. The lowest BCUT2D eigenvalue weighted by molar-refractivity contribution is 0.0145. The SMILES string of the molecule is CC(N)(CO)CCCOCC1CCCO1. The normalized spacial score (nSPS) is 25.4. The van der Waals surface area contributed by atoms with Gasteiger partial charge in [0.05, 0.1) is 19.3 Å². The van der Waals surface area contributed by atoms with Crippen molar-refractivity contribution in [2.75, 3.05) is 26.4 Å². The number of hydrogen-bond acceptors (Lipinski definition) is 4. The molecule has 1 aliphatic rings. The van der Waals surface area contributed by atoms with Gasteiger partial charge in [-0.05, 0) is 32.6 Å². The van der Waals surface area contributed by atoms with Crippen LogP contribution in [-0.2, 0) is 9.47 Å². The molecule has 4 heteroatoms. The number of nitrogens with two attached hydrogens (primary N) is 1. The smallest absolute Gasteiger partial charge is 0.0809 e. The Morgan fingerprint density at radius 1 is 1.60 bits per heavy atom. The Morgan fingerprint density at radius 2 is 2.40 bits per heavy atom. The molecular formula is C11H23NO3. The molecule has 1 rings (SSSR count). The van der Waals surface area contributed by atoms with Crippen LogP contribution in [0.5, 0.6) is 0 Å². The molecule has 0 aromatic rings. The summed E-state index contributed by atoms with van der Waals surface area (Å²) in [5, 5.41) is 8.94. The lowest BCUT2D eigenvalue weighted by Crippen LogP contribution is -2.40. The van der Waals surface area contributed by atoms with E-state index in [-0.39, 0.29) is 6.61 Å². The van der Waals surface area contributed by atoms with Crippen molar-refractivity contribution in [2.45, 2.75) is 44.2 Å². The van der Waals surface area contributed by atoms with Gasteiger partial charge in [0.15, 0.2) is 0 Å². The fraction of sp³-hybridized carbons (Fsp3) is 1.00. The van der Waals surface area contributed by atoms with Gasteiger partial charge in [0.1, 0.15) is 0 Å². The Labute approximate surface area is 91.7 Å². The van der Waals surface area contributed by atoms with Gasteiger partial charge >= 0.3 is 0 Å². The van der Waals surface area contributed by atoms with Crippen LogP contribution in [0.4, 0.5) is 0 Å². The summed E-state index contributed by atoms with van der Waals surface area (Å²) in [7, 11) is 0. The predicted octanol–water partition coefficient (Wildman–Crippen LogP) is 0.672. The molecule has 0 radical (unpaired) electrons. The van der Waals surface area contributed by atoms with Crippen molar-refractivity contribution in [3.05, 3.63) is 0 Å². The number of hydrogen-bond donors (Lipinski definition) is 2. The number of rotatable bonds is 7. The van der Waals surface area contributed by atoms with Crippen LogP contribution in [0.2, 0.25) is 0 Å². The van der Waals surface area contributed by atoms with Crippen LogP contribution in [0.1, 0.15) is 32.6 Å². The average molecular weight is 217 g/mol. The molecular weight excluding hydrogens is 194 g/mol. The van der Waals surface area contributed by atoms with E-state index in [1.807, 2.05) is 6.92 Å². The highest BCUT2D eigenvalue weighted by Crippen LogP contribution is 2.12. The minimum Gasteiger partial charge on any atom is -0.394 e. The van der Waals surface area contributed by atoms with Crippen LogP contribution in [0, 0.1) is 0 Å². The van der Waals surface area contributed by atoms with E-state index in [9.17, 15) is 0 Å². The van der Waals surface area contributed by atoms with E-state index in [2.05, 4.69) is 0 Å². The third kappa shape index (κ3) is 5.47. The van der Waals surface area contributed by atoms with Crippen molar-refractivity contribution in [1.82, 2.24) is 0 Å². The quantitative estimate of drug-likeness (QED) is 0.615. The van der Waals surface area contributed by atoms with Crippen molar-refractivity contribution in [2.24, 2.45) is 5.73 Å². The average Bonchev–Trinajstić information content (AvgIpc) is 2.70. The highest BCUT2D eigenvalue weighted by Gasteiger charge is 2.17. The van der Waals surface area contributed by atoms with Gasteiger partial charge < -0.3 is 20.3 Å². The second-order valence-corrected chi connectivity index (χ2v) is 4.63. The molecule has 0 bridgehead atoms. The fourth-order valence-corrected chi connectivity index (χ4v) is 1.65. The Kier molecular flexibility index (Phi) is 5.53. The maximum Gasteiger partial charge on any atom is 0.0809 e. The van der Waals surface area contributed by atoms with Crippen LogP contribution >= 0.6 is 0 Å². The summed E-state index contributed by atoms with van der Waals surface area (Å²) in [6.45, 7) is 4.15. The van der Waals surface area contributed by atoms with E-state index in [0.29, 0.717) is 19.3 Å². The predicted molar refractivity (Wildman–Crippen MR) is 58.7 cm³/mol. The molecule has 1 aliphatic heterocycles. The maximum atomic E-state index is 8.94. The van der Waals surface area contributed by atoms with Gasteiger partial charge in [-0.3, -0.25) is 0 Å². The molecule has 0 amide bonds. The van der Waals surface area contributed by atoms with E-state index in [1.54, 1.807) is 0 Å². The summed E-state index contributed by atoms with van der Waals surface area (Å²) in [6, 6.07) is 0. The van der Waals surface area contributed by atoms with Crippen LogP contribution < -0.4 is 5.73 Å². The van der Waals surface area contributed by atoms with E-state index in [1.165, 1.54) is 0 Å². The summed E-state index contributed by atoms with van der Waals surface area (Å²) in [4.78, 5) is 0. The van der Waals surface area contributed by atoms with Gasteiger partial charge in [0, 0.05) is 18.8 Å². The van der Waals surface area contributed by atoms with Gasteiger partial charge in [-0.2, -0.15) is 0 Å². The molecule has 0 saturated carbocycles. The second-order valence-electron chi connectivity index (χ2n) is 4.63. The Morgan fingerprint density at radius 3 is 3.00 bits per heavy atom. The van der Waals surface area contributed by atoms with Gasteiger partial charge in [-0.1, -0.05) is 0 Å². The van der Waals surface area contributed by atoms with Crippen molar-refractivity contribution in [3.63, 3.8) is 0 Å². The van der Waals surface area contributed by atoms with Gasteiger partial charge in [-0.25, -0.2) is 0 Å². The summed E-state index contributed by atoms with van der Waals surface area (Å²) < 4.78 is 10.9. The molecule has 0 aromatic heterocycles. The van der Waals surface area contributed by atoms with E-state index in [0.717, 1.165) is 32.3 Å². The molecule has 0 aliphatic carbocycles. The van der Waals surface area contributed by atoms with Crippen LogP contribution in [0.15, 0.2) is 0 Å². The second kappa shape index (κ2) is 6.43. The number of aliphatic hydroxyl groups is 1. The minimum absolute atomic E-state index is 0.0265. The van der Waals surface area contributed by atoms with Crippen molar-refractivity contribution in [1.29, 1.82) is 0 Å². The van der Waals surface area contributed by atoms with E-state index < -0.39 is 5.54 Å². The molecule has 15 heavy (non-hydrogen) atoms. The fourth-order valence-electron chi connectivity index (χ4n) is 1.65. The summed E-state index contributed by atoms with van der Waals surface area (Å²) in [6.07, 6.45) is 4.24.